The third-order valence-electron chi connectivity index (χ3n) is 7.95. The van der Waals surface area contributed by atoms with E-state index in [9.17, 15) is 36.3 Å². The largest absolute Gasteiger partial charge is 0.481 e. The van der Waals surface area contributed by atoms with E-state index in [1.54, 1.807) is 4.72 Å². The van der Waals surface area contributed by atoms with Gasteiger partial charge in [0.15, 0.2) is 5.01 Å². The number of hydrogen-bond donors (Lipinski definition) is 4. The van der Waals surface area contributed by atoms with Crippen LogP contribution in [-0.2, 0) is 26.8 Å². The Balaban J connectivity index is 1.71. The second-order valence-electron chi connectivity index (χ2n) is 11.8. The molecule has 1 amide bonds. The van der Waals surface area contributed by atoms with Gasteiger partial charge in [-0.15, -0.1) is 11.3 Å². The van der Waals surface area contributed by atoms with Crippen molar-refractivity contribution < 1.29 is 41.4 Å². The van der Waals surface area contributed by atoms with Gasteiger partial charge in [-0.2, -0.15) is 17.9 Å². The molecule has 0 aliphatic heterocycles. The first-order chi connectivity index (χ1) is 19.5. The highest BCUT2D eigenvalue weighted by atomic mass is 32.2. The number of hydrogen-bond acceptors (Lipinski definition) is 7. The first-order valence-electron chi connectivity index (χ1n) is 14.0. The number of aliphatic hydroxyl groups is 1. The standard InChI is InChI=1S/C28H36F3N3O6S2/c1-15(28(29,30)31)34-42(39,40)19-9-10-20(21(14-19)27(2,3)38)23-22(11-16-7-5-4-6-8-16)33-25(41-23)24(35)32-18-12-17(13-18)26(36)37/h9-10,14-18,34,38H,4-8,11-13H2,1-3H3,(H,32,35)(H,36,37)/t15-,17?,18?/m0/s1. The normalized spacial score (nSPS) is 21.0. The molecule has 2 aliphatic carbocycles. The van der Waals surface area contributed by atoms with E-state index in [-0.39, 0.29) is 16.6 Å². The lowest BCUT2D eigenvalue weighted by molar-refractivity contribution is -0.147. The Morgan fingerprint density at radius 3 is 2.36 bits per heavy atom. The average Bonchev–Trinajstić information content (AvgIpc) is 3.28. The first kappa shape index (κ1) is 32.4. The lowest BCUT2D eigenvalue weighted by Crippen LogP contribution is -2.46. The predicted molar refractivity (Wildman–Crippen MR) is 151 cm³/mol. The van der Waals surface area contributed by atoms with E-state index in [0.717, 1.165) is 49.5 Å². The summed E-state index contributed by atoms with van der Waals surface area (Å²) >= 11 is 1.09. The predicted octanol–water partition coefficient (Wildman–Crippen LogP) is 4.98. The van der Waals surface area contributed by atoms with Crippen molar-refractivity contribution in [2.24, 2.45) is 11.8 Å². The number of aliphatic carboxylic acids is 1. The second-order valence-corrected chi connectivity index (χ2v) is 14.5. The number of halogens is 3. The lowest BCUT2D eigenvalue weighted by atomic mass is 9.80. The van der Waals surface area contributed by atoms with Crippen LogP contribution in [0.25, 0.3) is 10.4 Å². The molecule has 4 N–H and O–H groups in total. The molecular weight excluding hydrogens is 595 g/mol. The van der Waals surface area contributed by atoms with Gasteiger partial charge in [0.1, 0.15) is 6.04 Å². The maximum atomic E-state index is 13.1. The zero-order valence-electron chi connectivity index (χ0n) is 23.6. The highest BCUT2D eigenvalue weighted by molar-refractivity contribution is 7.89. The van der Waals surface area contributed by atoms with Gasteiger partial charge in [-0.25, -0.2) is 13.4 Å². The summed E-state index contributed by atoms with van der Waals surface area (Å²) < 4.78 is 66.6. The highest BCUT2D eigenvalue weighted by Crippen LogP contribution is 2.41. The van der Waals surface area contributed by atoms with Crippen LogP contribution in [0, 0.1) is 11.8 Å². The number of aromatic nitrogens is 1. The molecule has 14 heteroatoms. The number of nitrogens with zero attached hydrogens (tertiary/aromatic N) is 1. The fourth-order valence-electron chi connectivity index (χ4n) is 5.41. The van der Waals surface area contributed by atoms with Crippen LogP contribution in [0.3, 0.4) is 0 Å². The minimum Gasteiger partial charge on any atom is -0.481 e. The average molecular weight is 632 g/mol. The summed E-state index contributed by atoms with van der Waals surface area (Å²) in [7, 11) is -4.59. The van der Waals surface area contributed by atoms with Gasteiger partial charge in [-0.05, 0) is 69.2 Å². The Bertz CT molecular complexity index is 1420. The molecule has 1 atom stereocenters. The Morgan fingerprint density at radius 2 is 1.79 bits per heavy atom. The van der Waals surface area contributed by atoms with E-state index in [4.69, 9.17) is 5.11 Å². The molecule has 42 heavy (non-hydrogen) atoms. The van der Waals surface area contributed by atoms with Gasteiger partial charge in [-0.3, -0.25) is 9.59 Å². The van der Waals surface area contributed by atoms with Crippen molar-refractivity contribution >= 4 is 33.2 Å². The zero-order valence-corrected chi connectivity index (χ0v) is 25.3. The molecular formula is C28H36F3N3O6S2. The van der Waals surface area contributed by atoms with Crippen LogP contribution in [0.5, 0.6) is 0 Å². The number of thiazole rings is 1. The van der Waals surface area contributed by atoms with Crippen LogP contribution in [0.1, 0.15) is 86.8 Å². The van der Waals surface area contributed by atoms with Crippen molar-refractivity contribution in [2.45, 2.75) is 101 Å². The van der Waals surface area contributed by atoms with Crippen molar-refractivity contribution in [3.05, 3.63) is 34.5 Å². The molecule has 2 aliphatic rings. The molecule has 0 unspecified atom stereocenters. The van der Waals surface area contributed by atoms with Crippen LogP contribution in [0.4, 0.5) is 13.2 Å². The fraction of sp³-hybridized carbons (Fsp3) is 0.607. The number of alkyl halides is 3. The first-order valence-corrected chi connectivity index (χ1v) is 16.3. The third-order valence-corrected chi connectivity index (χ3v) is 10.6. The van der Waals surface area contributed by atoms with Crippen molar-refractivity contribution in [1.29, 1.82) is 0 Å². The molecule has 1 aromatic carbocycles. The molecule has 2 aromatic rings. The number of carbonyl (C=O) groups excluding carboxylic acids is 1. The van der Waals surface area contributed by atoms with Crippen molar-refractivity contribution in [2.75, 3.05) is 0 Å². The Kier molecular flexibility index (Phi) is 9.41. The summed E-state index contributed by atoms with van der Waals surface area (Å²) in [6.45, 7) is 3.59. The fourth-order valence-corrected chi connectivity index (χ4v) is 7.70. The van der Waals surface area contributed by atoms with Crippen LogP contribution >= 0.6 is 11.3 Å². The maximum Gasteiger partial charge on any atom is 0.404 e. The van der Waals surface area contributed by atoms with Gasteiger partial charge in [0.25, 0.3) is 5.91 Å². The van der Waals surface area contributed by atoms with E-state index in [1.165, 1.54) is 26.0 Å². The van der Waals surface area contributed by atoms with Crippen molar-refractivity contribution in [1.82, 2.24) is 15.0 Å². The second kappa shape index (κ2) is 12.2. The maximum absolute atomic E-state index is 13.1. The Morgan fingerprint density at radius 1 is 1.14 bits per heavy atom. The molecule has 2 saturated carbocycles. The molecule has 0 radical (unpaired) electrons. The SMILES string of the molecule is C[C@H](NS(=O)(=O)c1ccc(-c2sc(C(=O)NC3CC(C(=O)O)C3)nc2CC2CCCCC2)c(C(C)(C)O)c1)C(F)(F)F. The van der Waals surface area contributed by atoms with Crippen molar-refractivity contribution in [3.63, 3.8) is 0 Å². The number of carbonyl (C=O) groups is 2. The molecule has 9 nitrogen and oxygen atoms in total. The van der Waals surface area contributed by atoms with Crippen LogP contribution in [0.15, 0.2) is 23.1 Å². The van der Waals surface area contributed by atoms with Crippen LogP contribution in [-0.4, -0.2) is 53.8 Å². The molecule has 0 bridgehead atoms. The molecule has 4 rings (SSSR count). The summed E-state index contributed by atoms with van der Waals surface area (Å²) in [5, 5.41) is 23.2. The van der Waals surface area contributed by atoms with Crippen molar-refractivity contribution in [3.8, 4) is 10.4 Å². The van der Waals surface area contributed by atoms with E-state index in [2.05, 4.69) is 10.3 Å². The van der Waals surface area contributed by atoms with E-state index >= 15 is 0 Å². The number of rotatable bonds is 10. The summed E-state index contributed by atoms with van der Waals surface area (Å²) in [6.07, 6.45) is 1.73. The number of nitrogens with one attached hydrogen (secondary N) is 2. The minimum atomic E-state index is -4.78. The number of carboxylic acids is 1. The Labute approximate surface area is 247 Å². The number of carboxylic acid groups (broad SMARTS) is 1. The zero-order chi connectivity index (χ0) is 31.0. The quantitative estimate of drug-likeness (QED) is 0.289. The molecule has 0 saturated heterocycles. The lowest BCUT2D eigenvalue weighted by Gasteiger charge is -2.32. The van der Waals surface area contributed by atoms with Gasteiger partial charge in [-0.1, -0.05) is 38.2 Å². The monoisotopic (exact) mass is 631 g/mol. The van der Waals surface area contributed by atoms with Gasteiger partial charge in [0.05, 0.1) is 27.0 Å². The van der Waals surface area contributed by atoms with Gasteiger partial charge >= 0.3 is 12.1 Å². The number of sulfonamides is 1. The minimum absolute atomic E-state index is 0.161. The summed E-state index contributed by atoms with van der Waals surface area (Å²) in [6, 6.07) is 1.17. The molecule has 0 spiro atoms. The number of benzene rings is 1. The molecule has 2 fully saturated rings. The van der Waals surface area contributed by atoms with Crippen LogP contribution in [0.2, 0.25) is 0 Å². The summed E-state index contributed by atoms with van der Waals surface area (Å²) in [5.41, 5.74) is -0.377. The topological polar surface area (TPSA) is 146 Å². The smallest absolute Gasteiger partial charge is 0.404 e. The molecule has 232 valence electrons. The third kappa shape index (κ3) is 7.50. The van der Waals surface area contributed by atoms with Gasteiger partial charge in [0, 0.05) is 6.04 Å². The van der Waals surface area contributed by atoms with Crippen LogP contribution < -0.4 is 10.0 Å². The number of amides is 1. The highest BCUT2D eigenvalue weighted by Gasteiger charge is 2.40. The Hall–Kier alpha value is -2.55. The van der Waals surface area contributed by atoms with Gasteiger partial charge in [0.2, 0.25) is 10.0 Å². The summed E-state index contributed by atoms with van der Waals surface area (Å²) in [4.78, 5) is 29.1. The molecule has 1 heterocycles. The molecule has 1 aromatic heterocycles. The summed E-state index contributed by atoms with van der Waals surface area (Å²) in [5.74, 6) is -1.52. The van der Waals surface area contributed by atoms with E-state index < -0.39 is 50.5 Å². The van der Waals surface area contributed by atoms with E-state index in [1.807, 2.05) is 0 Å². The van der Waals surface area contributed by atoms with E-state index in [0.29, 0.717) is 48.2 Å². The van der Waals surface area contributed by atoms with Gasteiger partial charge < -0.3 is 15.5 Å².